The number of aryl methyl sites for hydroxylation is 1. The molecule has 8 heteroatoms. The third-order valence-electron chi connectivity index (χ3n) is 5.04. The van der Waals surface area contributed by atoms with Crippen LogP contribution in [0.3, 0.4) is 0 Å². The first-order valence-corrected chi connectivity index (χ1v) is 9.42. The Balaban J connectivity index is 1.63. The Morgan fingerprint density at radius 3 is 2.57 bits per heavy atom. The maximum absolute atomic E-state index is 12.9. The van der Waals surface area contributed by atoms with Crippen molar-refractivity contribution >= 4 is 23.5 Å². The molecule has 2 aromatic carbocycles. The van der Waals surface area contributed by atoms with Crippen molar-refractivity contribution in [2.75, 3.05) is 19.0 Å². The lowest BCUT2D eigenvalue weighted by Crippen LogP contribution is -2.45. The van der Waals surface area contributed by atoms with Crippen LogP contribution < -0.4 is 15.4 Å². The average Bonchev–Trinajstić information content (AvgIpc) is 2.96. The van der Waals surface area contributed by atoms with E-state index in [1.54, 1.807) is 38.3 Å². The Labute approximate surface area is 174 Å². The summed E-state index contributed by atoms with van der Waals surface area (Å²) >= 11 is 0. The Morgan fingerprint density at radius 2 is 1.90 bits per heavy atom. The van der Waals surface area contributed by atoms with E-state index in [4.69, 9.17) is 10.00 Å². The lowest BCUT2D eigenvalue weighted by Gasteiger charge is -2.21. The molecule has 1 aliphatic heterocycles. The van der Waals surface area contributed by atoms with Crippen molar-refractivity contribution in [2.45, 2.75) is 25.3 Å². The molecule has 0 aromatic heterocycles. The standard InChI is InChI=1S/C22H22N4O4/c1-22(12-11-15-7-9-17(30-2)10-8-15)20(28)26(21(29)25-22)14-19(27)24-18-6-4-3-5-16(18)13-23/h3-10H,11-12,14H2,1-2H3,(H,24,27)(H,25,29)/t22-/m0/s1. The molecule has 30 heavy (non-hydrogen) atoms. The molecule has 2 N–H and O–H groups in total. The smallest absolute Gasteiger partial charge is 0.325 e. The summed E-state index contributed by atoms with van der Waals surface area (Å²) in [6, 6.07) is 15.4. The number of anilines is 1. The second-order valence-electron chi connectivity index (χ2n) is 7.21. The van der Waals surface area contributed by atoms with Crippen LogP contribution in [0.4, 0.5) is 10.5 Å². The molecule has 3 rings (SSSR count). The van der Waals surface area contributed by atoms with Gasteiger partial charge in [0.15, 0.2) is 0 Å². The van der Waals surface area contributed by atoms with Crippen molar-refractivity contribution in [3.63, 3.8) is 0 Å². The number of hydrogen-bond donors (Lipinski definition) is 2. The second-order valence-corrected chi connectivity index (χ2v) is 7.21. The zero-order valence-corrected chi connectivity index (χ0v) is 16.8. The first kappa shape index (κ1) is 20.9. The zero-order chi connectivity index (χ0) is 21.7. The predicted molar refractivity (Wildman–Crippen MR) is 110 cm³/mol. The lowest BCUT2D eigenvalue weighted by atomic mass is 9.93. The van der Waals surface area contributed by atoms with Gasteiger partial charge in [-0.3, -0.25) is 14.5 Å². The number of carbonyl (C=O) groups excluding carboxylic acids is 3. The molecule has 0 unspecified atom stereocenters. The number of methoxy groups -OCH3 is 1. The van der Waals surface area contributed by atoms with Gasteiger partial charge >= 0.3 is 6.03 Å². The molecule has 4 amide bonds. The van der Waals surface area contributed by atoms with E-state index in [0.29, 0.717) is 24.1 Å². The minimum absolute atomic E-state index is 0.298. The van der Waals surface area contributed by atoms with Crippen LogP contribution in [0.25, 0.3) is 0 Å². The highest BCUT2D eigenvalue weighted by Crippen LogP contribution is 2.24. The number of imide groups is 1. The van der Waals surface area contributed by atoms with Gasteiger partial charge in [0.25, 0.3) is 5.91 Å². The number of carbonyl (C=O) groups is 3. The summed E-state index contributed by atoms with van der Waals surface area (Å²) in [5, 5.41) is 14.4. The Morgan fingerprint density at radius 1 is 1.20 bits per heavy atom. The number of nitriles is 1. The van der Waals surface area contributed by atoms with Crippen molar-refractivity contribution in [1.29, 1.82) is 5.26 Å². The average molecular weight is 406 g/mol. The van der Waals surface area contributed by atoms with Gasteiger partial charge in [0, 0.05) is 0 Å². The van der Waals surface area contributed by atoms with E-state index in [1.165, 1.54) is 0 Å². The summed E-state index contributed by atoms with van der Waals surface area (Å²) in [5.41, 5.74) is 0.539. The number of hydrogen-bond acceptors (Lipinski definition) is 5. The molecule has 1 saturated heterocycles. The molecular weight excluding hydrogens is 384 g/mol. The monoisotopic (exact) mass is 406 g/mol. The van der Waals surface area contributed by atoms with E-state index < -0.39 is 29.9 Å². The molecule has 0 aliphatic carbocycles. The number of para-hydroxylation sites is 1. The largest absolute Gasteiger partial charge is 0.497 e. The summed E-state index contributed by atoms with van der Waals surface area (Å²) in [7, 11) is 1.59. The maximum Gasteiger partial charge on any atom is 0.325 e. The third-order valence-corrected chi connectivity index (χ3v) is 5.04. The highest BCUT2D eigenvalue weighted by atomic mass is 16.5. The van der Waals surface area contributed by atoms with Crippen LogP contribution >= 0.6 is 0 Å². The van der Waals surface area contributed by atoms with Crippen molar-refractivity contribution in [3.8, 4) is 11.8 Å². The quantitative estimate of drug-likeness (QED) is 0.686. The van der Waals surface area contributed by atoms with Gasteiger partial charge in [-0.1, -0.05) is 24.3 Å². The van der Waals surface area contributed by atoms with E-state index >= 15 is 0 Å². The van der Waals surface area contributed by atoms with E-state index in [9.17, 15) is 14.4 Å². The highest BCUT2D eigenvalue weighted by molar-refractivity contribution is 6.10. The van der Waals surface area contributed by atoms with E-state index in [0.717, 1.165) is 16.2 Å². The van der Waals surface area contributed by atoms with Crippen LogP contribution in [0.2, 0.25) is 0 Å². The van der Waals surface area contributed by atoms with Crippen molar-refractivity contribution in [1.82, 2.24) is 10.2 Å². The second kappa shape index (κ2) is 8.66. The van der Waals surface area contributed by atoms with Crippen molar-refractivity contribution in [2.24, 2.45) is 0 Å². The van der Waals surface area contributed by atoms with Crippen molar-refractivity contribution < 1.29 is 19.1 Å². The summed E-state index contributed by atoms with van der Waals surface area (Å²) in [6.07, 6.45) is 0.960. The fourth-order valence-corrected chi connectivity index (χ4v) is 3.27. The Kier molecular flexibility index (Phi) is 6.02. The van der Waals surface area contributed by atoms with Gasteiger partial charge in [-0.2, -0.15) is 5.26 Å². The Bertz CT molecular complexity index is 1010. The molecule has 154 valence electrons. The van der Waals surface area contributed by atoms with Crippen LogP contribution in [0.15, 0.2) is 48.5 Å². The number of amides is 4. The van der Waals surface area contributed by atoms with Gasteiger partial charge in [0.05, 0.1) is 18.4 Å². The lowest BCUT2D eigenvalue weighted by molar-refractivity contribution is -0.133. The normalized spacial score (nSPS) is 18.0. The fraction of sp³-hybridized carbons (Fsp3) is 0.273. The number of ether oxygens (including phenoxy) is 1. The van der Waals surface area contributed by atoms with Gasteiger partial charge in [0.1, 0.15) is 23.9 Å². The van der Waals surface area contributed by atoms with Crippen LogP contribution in [0.5, 0.6) is 5.75 Å². The molecule has 0 spiro atoms. The first-order chi connectivity index (χ1) is 14.4. The zero-order valence-electron chi connectivity index (χ0n) is 16.8. The van der Waals surface area contributed by atoms with Gasteiger partial charge in [0.2, 0.25) is 5.91 Å². The van der Waals surface area contributed by atoms with Gasteiger partial charge < -0.3 is 15.4 Å². The number of nitrogens with one attached hydrogen (secondary N) is 2. The van der Waals surface area contributed by atoms with Gasteiger partial charge in [-0.05, 0) is 49.6 Å². The molecule has 8 nitrogen and oxygen atoms in total. The van der Waals surface area contributed by atoms with Crippen LogP contribution in [-0.2, 0) is 16.0 Å². The third kappa shape index (κ3) is 4.41. The van der Waals surface area contributed by atoms with Crippen LogP contribution in [0, 0.1) is 11.3 Å². The summed E-state index contributed by atoms with van der Waals surface area (Å²) in [5.74, 6) is -0.268. The number of nitrogens with zero attached hydrogens (tertiary/aromatic N) is 2. The van der Waals surface area contributed by atoms with Gasteiger partial charge in [-0.25, -0.2) is 4.79 Å². The minimum atomic E-state index is -1.10. The molecular formula is C22H22N4O4. The maximum atomic E-state index is 12.9. The molecule has 1 heterocycles. The predicted octanol–water partition coefficient (Wildman–Crippen LogP) is 2.45. The fourth-order valence-electron chi connectivity index (χ4n) is 3.27. The van der Waals surface area contributed by atoms with E-state index in [-0.39, 0.29) is 0 Å². The van der Waals surface area contributed by atoms with Crippen LogP contribution in [-0.4, -0.2) is 41.9 Å². The molecule has 1 fully saturated rings. The van der Waals surface area contributed by atoms with Gasteiger partial charge in [-0.15, -0.1) is 0 Å². The Hall–Kier alpha value is -3.86. The van der Waals surface area contributed by atoms with E-state index in [1.807, 2.05) is 30.3 Å². The molecule has 1 aliphatic rings. The van der Waals surface area contributed by atoms with E-state index in [2.05, 4.69) is 10.6 Å². The number of rotatable bonds is 7. The molecule has 0 radical (unpaired) electrons. The number of urea groups is 1. The topological polar surface area (TPSA) is 112 Å². The number of benzene rings is 2. The summed E-state index contributed by atoms with van der Waals surface area (Å²) in [6.45, 7) is 1.22. The SMILES string of the molecule is COc1ccc(CC[C@]2(C)NC(=O)N(CC(=O)Nc3ccccc3C#N)C2=O)cc1. The molecule has 0 bridgehead atoms. The highest BCUT2D eigenvalue weighted by Gasteiger charge is 2.47. The summed E-state index contributed by atoms with van der Waals surface area (Å²) in [4.78, 5) is 38.5. The molecule has 1 atom stereocenters. The first-order valence-electron chi connectivity index (χ1n) is 9.42. The minimum Gasteiger partial charge on any atom is -0.497 e. The molecule has 0 saturated carbocycles. The molecule has 2 aromatic rings. The summed E-state index contributed by atoms with van der Waals surface area (Å²) < 4.78 is 5.13. The van der Waals surface area contributed by atoms with Crippen LogP contribution in [0.1, 0.15) is 24.5 Å². The van der Waals surface area contributed by atoms with Crippen molar-refractivity contribution in [3.05, 3.63) is 59.7 Å².